The van der Waals surface area contributed by atoms with E-state index < -0.39 is 4.92 Å². The van der Waals surface area contributed by atoms with Crippen LogP contribution in [0.3, 0.4) is 0 Å². The van der Waals surface area contributed by atoms with Crippen LogP contribution in [-0.4, -0.2) is 33.1 Å². The van der Waals surface area contributed by atoms with Crippen LogP contribution < -0.4 is 5.32 Å². The van der Waals surface area contributed by atoms with Crippen molar-refractivity contribution in [1.29, 1.82) is 0 Å². The number of aliphatic hydroxyl groups is 1. The van der Waals surface area contributed by atoms with Gasteiger partial charge in [-0.1, -0.05) is 12.8 Å². The van der Waals surface area contributed by atoms with Gasteiger partial charge in [0.15, 0.2) is 0 Å². The number of aliphatic hydroxyl groups excluding tert-OH is 1. The summed E-state index contributed by atoms with van der Waals surface area (Å²) in [6, 6.07) is 0. The third-order valence-corrected chi connectivity index (χ3v) is 3.95. The SMILES string of the molecule is O=[N+]([O-])c1cnc(Cl)nc1NCC1CCCCC1CO. The molecule has 1 aromatic rings. The van der Waals surface area contributed by atoms with Crippen LogP contribution in [0.4, 0.5) is 11.5 Å². The van der Waals surface area contributed by atoms with Crippen molar-refractivity contribution in [2.24, 2.45) is 11.8 Å². The van der Waals surface area contributed by atoms with E-state index in [4.69, 9.17) is 11.6 Å². The number of anilines is 1. The number of halogens is 1. The smallest absolute Gasteiger partial charge is 0.329 e. The summed E-state index contributed by atoms with van der Waals surface area (Å²) < 4.78 is 0. The molecule has 0 bridgehead atoms. The Bertz CT molecular complexity index is 486. The van der Waals surface area contributed by atoms with Crippen LogP contribution in [0.5, 0.6) is 0 Å². The molecule has 1 aliphatic carbocycles. The monoisotopic (exact) mass is 300 g/mol. The van der Waals surface area contributed by atoms with Crippen LogP contribution in [0.25, 0.3) is 0 Å². The van der Waals surface area contributed by atoms with Gasteiger partial charge in [-0.3, -0.25) is 10.1 Å². The lowest BCUT2D eigenvalue weighted by Gasteiger charge is -2.30. The summed E-state index contributed by atoms with van der Waals surface area (Å²) in [7, 11) is 0. The van der Waals surface area contributed by atoms with E-state index in [2.05, 4.69) is 15.3 Å². The van der Waals surface area contributed by atoms with E-state index in [1.165, 1.54) is 0 Å². The lowest BCUT2D eigenvalue weighted by Crippen LogP contribution is -2.29. The van der Waals surface area contributed by atoms with Crippen LogP contribution in [0, 0.1) is 22.0 Å². The second-order valence-corrected chi connectivity index (χ2v) is 5.34. The molecule has 7 nitrogen and oxygen atoms in total. The molecule has 2 rings (SSSR count). The molecular formula is C12H17ClN4O3. The first-order valence-corrected chi connectivity index (χ1v) is 7.01. The standard InChI is InChI=1S/C12H17ClN4O3/c13-12-15-6-10(17(19)20)11(16-12)14-5-8-3-1-2-4-9(8)7-18/h6,8-9,18H,1-5,7H2,(H,14,15,16). The van der Waals surface area contributed by atoms with E-state index in [1.807, 2.05) is 0 Å². The molecule has 0 amide bonds. The molecule has 0 spiro atoms. The number of nitrogens with one attached hydrogen (secondary N) is 1. The van der Waals surface area contributed by atoms with E-state index in [9.17, 15) is 15.2 Å². The molecular weight excluding hydrogens is 284 g/mol. The fourth-order valence-corrected chi connectivity index (χ4v) is 2.77. The zero-order chi connectivity index (χ0) is 14.5. The first-order chi connectivity index (χ1) is 9.61. The first kappa shape index (κ1) is 14.9. The number of nitro groups is 1. The summed E-state index contributed by atoms with van der Waals surface area (Å²) in [6.45, 7) is 0.693. The highest BCUT2D eigenvalue weighted by molar-refractivity contribution is 6.28. The molecule has 0 saturated heterocycles. The maximum absolute atomic E-state index is 10.9. The zero-order valence-corrected chi connectivity index (χ0v) is 11.7. The highest BCUT2D eigenvalue weighted by atomic mass is 35.5. The van der Waals surface area contributed by atoms with Crippen molar-refractivity contribution in [2.45, 2.75) is 25.7 Å². The van der Waals surface area contributed by atoms with Crippen molar-refractivity contribution in [2.75, 3.05) is 18.5 Å². The molecule has 1 heterocycles. The molecule has 110 valence electrons. The second kappa shape index (κ2) is 6.81. The van der Waals surface area contributed by atoms with Gasteiger partial charge in [-0.25, -0.2) is 4.98 Å². The molecule has 8 heteroatoms. The molecule has 0 radical (unpaired) electrons. The highest BCUT2D eigenvalue weighted by Crippen LogP contribution is 2.30. The number of hydrogen-bond donors (Lipinski definition) is 2. The first-order valence-electron chi connectivity index (χ1n) is 6.63. The minimum absolute atomic E-state index is 0.0274. The molecule has 2 N–H and O–H groups in total. The van der Waals surface area contributed by atoms with E-state index in [-0.39, 0.29) is 29.3 Å². The van der Waals surface area contributed by atoms with Gasteiger partial charge in [0.05, 0.1) is 4.92 Å². The molecule has 1 fully saturated rings. The predicted molar refractivity (Wildman–Crippen MR) is 74.7 cm³/mol. The van der Waals surface area contributed by atoms with Gasteiger partial charge < -0.3 is 10.4 Å². The maximum atomic E-state index is 10.9. The van der Waals surface area contributed by atoms with Crippen molar-refractivity contribution in [3.63, 3.8) is 0 Å². The Balaban J connectivity index is 2.06. The Kier molecular flexibility index (Phi) is 5.08. The van der Waals surface area contributed by atoms with Gasteiger partial charge in [-0.2, -0.15) is 4.98 Å². The fourth-order valence-electron chi connectivity index (χ4n) is 2.64. The second-order valence-electron chi connectivity index (χ2n) is 5.00. The van der Waals surface area contributed by atoms with Crippen LogP contribution in [0.15, 0.2) is 6.20 Å². The molecule has 2 atom stereocenters. The molecule has 20 heavy (non-hydrogen) atoms. The number of aromatic nitrogens is 2. The maximum Gasteiger partial charge on any atom is 0.329 e. The van der Waals surface area contributed by atoms with E-state index in [0.29, 0.717) is 12.5 Å². The van der Waals surface area contributed by atoms with E-state index >= 15 is 0 Å². The van der Waals surface area contributed by atoms with Gasteiger partial charge in [-0.15, -0.1) is 0 Å². The molecule has 1 aliphatic rings. The van der Waals surface area contributed by atoms with Gasteiger partial charge in [0.1, 0.15) is 6.20 Å². The largest absolute Gasteiger partial charge is 0.396 e. The molecule has 1 aromatic heterocycles. The summed E-state index contributed by atoms with van der Waals surface area (Å²) in [6.07, 6.45) is 5.35. The zero-order valence-electron chi connectivity index (χ0n) is 11.0. The summed E-state index contributed by atoms with van der Waals surface area (Å²) >= 11 is 5.67. The molecule has 0 aliphatic heterocycles. The van der Waals surface area contributed by atoms with Crippen molar-refractivity contribution >= 4 is 23.1 Å². The van der Waals surface area contributed by atoms with Crippen molar-refractivity contribution in [3.05, 3.63) is 21.6 Å². The summed E-state index contributed by atoms with van der Waals surface area (Å²) in [5, 5.41) is 23.2. The van der Waals surface area contributed by atoms with Crippen LogP contribution >= 0.6 is 11.6 Å². The van der Waals surface area contributed by atoms with Crippen molar-refractivity contribution in [3.8, 4) is 0 Å². The number of nitrogens with zero attached hydrogens (tertiary/aromatic N) is 3. The molecule has 1 saturated carbocycles. The predicted octanol–water partition coefficient (Wildman–Crippen LogP) is 2.25. The number of hydrogen-bond acceptors (Lipinski definition) is 6. The lowest BCUT2D eigenvalue weighted by atomic mass is 9.79. The fraction of sp³-hybridized carbons (Fsp3) is 0.667. The van der Waals surface area contributed by atoms with Gasteiger partial charge in [0.25, 0.3) is 0 Å². The third kappa shape index (κ3) is 3.55. The van der Waals surface area contributed by atoms with Crippen LogP contribution in [-0.2, 0) is 0 Å². The summed E-state index contributed by atoms with van der Waals surface area (Å²) in [4.78, 5) is 17.9. The third-order valence-electron chi connectivity index (χ3n) is 3.77. The lowest BCUT2D eigenvalue weighted by molar-refractivity contribution is -0.384. The summed E-state index contributed by atoms with van der Waals surface area (Å²) in [5.74, 6) is 0.673. The van der Waals surface area contributed by atoms with Crippen molar-refractivity contribution in [1.82, 2.24) is 9.97 Å². The molecule has 2 unspecified atom stereocenters. The highest BCUT2D eigenvalue weighted by Gasteiger charge is 2.25. The van der Waals surface area contributed by atoms with Gasteiger partial charge in [0.2, 0.25) is 11.1 Å². The average Bonchev–Trinajstić information content (AvgIpc) is 2.45. The quantitative estimate of drug-likeness (QED) is 0.491. The number of rotatable bonds is 5. The van der Waals surface area contributed by atoms with Gasteiger partial charge >= 0.3 is 5.69 Å². The van der Waals surface area contributed by atoms with E-state index in [0.717, 1.165) is 31.9 Å². The Labute approximate surface area is 121 Å². The normalized spacial score (nSPS) is 22.5. The summed E-state index contributed by atoms with van der Waals surface area (Å²) in [5.41, 5.74) is -0.189. The van der Waals surface area contributed by atoms with Gasteiger partial charge in [-0.05, 0) is 36.3 Å². The Hall–Kier alpha value is -1.47. The minimum atomic E-state index is -0.539. The topological polar surface area (TPSA) is 101 Å². The van der Waals surface area contributed by atoms with Crippen LogP contribution in [0.1, 0.15) is 25.7 Å². The Morgan fingerprint density at radius 3 is 2.80 bits per heavy atom. The average molecular weight is 301 g/mol. The Morgan fingerprint density at radius 1 is 1.45 bits per heavy atom. The van der Waals surface area contributed by atoms with Crippen molar-refractivity contribution < 1.29 is 10.0 Å². The van der Waals surface area contributed by atoms with E-state index in [1.54, 1.807) is 0 Å². The minimum Gasteiger partial charge on any atom is -0.396 e. The van der Waals surface area contributed by atoms with Crippen LogP contribution in [0.2, 0.25) is 5.28 Å². The van der Waals surface area contributed by atoms with Gasteiger partial charge in [0, 0.05) is 13.2 Å². The Morgan fingerprint density at radius 2 is 2.15 bits per heavy atom. The molecule has 0 aromatic carbocycles.